The molecule has 1 saturated heterocycles. The zero-order chi connectivity index (χ0) is 18.0. The number of pyridine rings is 1. The number of piperidine rings is 1. The number of sulfonamides is 1. The molecule has 136 valence electrons. The first-order chi connectivity index (χ1) is 11.9. The molecule has 7 nitrogen and oxygen atoms in total. The molecule has 0 bridgehead atoms. The third-order valence-corrected chi connectivity index (χ3v) is 6.83. The second-order valence-electron chi connectivity index (χ2n) is 6.19. The summed E-state index contributed by atoms with van der Waals surface area (Å²) in [6.45, 7) is 3.10. The standard InChI is InChI=1S/C16H23N5O2S2/c1-11-15(24-16(17-2)19-11)12-4-7-18-14(10-12)20-13-5-8-21(9-6-13)25(3,22)23/h4,7,10,13H,5-6,8-9H2,1-3H3,(H,17,19)(H,18,20). The van der Waals surface area contributed by atoms with Gasteiger partial charge in [0, 0.05) is 32.4 Å². The lowest BCUT2D eigenvalue weighted by molar-refractivity contribution is 0.331. The Labute approximate surface area is 152 Å². The van der Waals surface area contributed by atoms with E-state index in [0.29, 0.717) is 13.1 Å². The van der Waals surface area contributed by atoms with Crippen LogP contribution in [-0.2, 0) is 10.0 Å². The highest BCUT2D eigenvalue weighted by molar-refractivity contribution is 7.88. The number of aryl methyl sites for hydroxylation is 1. The average molecular weight is 382 g/mol. The molecule has 3 heterocycles. The van der Waals surface area contributed by atoms with Gasteiger partial charge in [-0.05, 0) is 37.5 Å². The molecule has 0 radical (unpaired) electrons. The van der Waals surface area contributed by atoms with E-state index in [4.69, 9.17) is 0 Å². The first kappa shape index (κ1) is 18.1. The average Bonchev–Trinajstić information content (AvgIpc) is 2.96. The molecule has 0 atom stereocenters. The second kappa shape index (κ2) is 7.27. The first-order valence-electron chi connectivity index (χ1n) is 8.20. The van der Waals surface area contributed by atoms with Crippen LogP contribution in [0.3, 0.4) is 0 Å². The summed E-state index contributed by atoms with van der Waals surface area (Å²) in [5.41, 5.74) is 2.08. The highest BCUT2D eigenvalue weighted by atomic mass is 32.2. The molecule has 0 amide bonds. The fourth-order valence-corrected chi connectivity index (χ4v) is 4.75. The van der Waals surface area contributed by atoms with Crippen molar-refractivity contribution in [2.24, 2.45) is 0 Å². The van der Waals surface area contributed by atoms with Gasteiger partial charge >= 0.3 is 0 Å². The van der Waals surface area contributed by atoms with E-state index < -0.39 is 10.0 Å². The highest BCUT2D eigenvalue weighted by Crippen LogP contribution is 2.33. The molecule has 2 aromatic heterocycles. The van der Waals surface area contributed by atoms with Crippen LogP contribution in [0.1, 0.15) is 18.5 Å². The summed E-state index contributed by atoms with van der Waals surface area (Å²) in [5, 5.41) is 7.41. The molecule has 0 spiro atoms. The summed E-state index contributed by atoms with van der Waals surface area (Å²) < 4.78 is 24.7. The van der Waals surface area contributed by atoms with Gasteiger partial charge in [0.1, 0.15) is 5.82 Å². The van der Waals surface area contributed by atoms with Crippen molar-refractivity contribution in [1.29, 1.82) is 0 Å². The fourth-order valence-electron chi connectivity index (χ4n) is 2.96. The number of thiazole rings is 1. The third-order valence-electron chi connectivity index (χ3n) is 4.31. The van der Waals surface area contributed by atoms with Gasteiger partial charge in [0.25, 0.3) is 0 Å². The van der Waals surface area contributed by atoms with Gasteiger partial charge < -0.3 is 10.6 Å². The normalized spacial score (nSPS) is 16.8. The number of nitrogens with zero attached hydrogens (tertiary/aromatic N) is 3. The molecule has 1 aliphatic rings. The molecule has 0 saturated carbocycles. The SMILES string of the molecule is CNc1nc(C)c(-c2ccnc(NC3CCN(S(C)(=O)=O)CC3)c2)s1. The van der Waals surface area contributed by atoms with Gasteiger partial charge in [-0.3, -0.25) is 0 Å². The van der Waals surface area contributed by atoms with Crippen LogP contribution in [0.25, 0.3) is 10.4 Å². The Morgan fingerprint density at radius 1 is 1.32 bits per heavy atom. The second-order valence-corrected chi connectivity index (χ2v) is 9.18. The van der Waals surface area contributed by atoms with Crippen molar-refractivity contribution in [2.75, 3.05) is 37.0 Å². The van der Waals surface area contributed by atoms with Crippen molar-refractivity contribution < 1.29 is 8.42 Å². The minimum atomic E-state index is -3.09. The summed E-state index contributed by atoms with van der Waals surface area (Å²) in [6, 6.07) is 4.25. The van der Waals surface area contributed by atoms with E-state index in [1.807, 2.05) is 26.1 Å². The van der Waals surface area contributed by atoms with Gasteiger partial charge in [-0.25, -0.2) is 22.7 Å². The van der Waals surface area contributed by atoms with Crippen LogP contribution in [0.4, 0.5) is 10.9 Å². The fraction of sp³-hybridized carbons (Fsp3) is 0.500. The Morgan fingerprint density at radius 2 is 2.04 bits per heavy atom. The van der Waals surface area contributed by atoms with Crippen molar-refractivity contribution in [3.8, 4) is 10.4 Å². The Morgan fingerprint density at radius 3 is 2.64 bits per heavy atom. The van der Waals surface area contributed by atoms with Gasteiger partial charge in [-0.15, -0.1) is 0 Å². The number of anilines is 2. The smallest absolute Gasteiger partial charge is 0.211 e. The molecule has 9 heteroatoms. The minimum absolute atomic E-state index is 0.233. The van der Waals surface area contributed by atoms with Crippen LogP contribution in [0, 0.1) is 6.92 Å². The quantitative estimate of drug-likeness (QED) is 0.827. The van der Waals surface area contributed by atoms with Crippen molar-refractivity contribution in [2.45, 2.75) is 25.8 Å². The molecule has 1 fully saturated rings. The van der Waals surface area contributed by atoms with Crippen LogP contribution in [0.5, 0.6) is 0 Å². The lowest BCUT2D eigenvalue weighted by Gasteiger charge is -2.30. The van der Waals surface area contributed by atoms with E-state index in [-0.39, 0.29) is 6.04 Å². The summed E-state index contributed by atoms with van der Waals surface area (Å²) in [5.74, 6) is 0.814. The Balaban J connectivity index is 1.69. The minimum Gasteiger partial charge on any atom is -0.367 e. The van der Waals surface area contributed by atoms with Crippen molar-refractivity contribution in [3.63, 3.8) is 0 Å². The molecule has 25 heavy (non-hydrogen) atoms. The maximum absolute atomic E-state index is 11.6. The predicted molar refractivity (Wildman–Crippen MR) is 103 cm³/mol. The maximum atomic E-state index is 11.6. The van der Waals surface area contributed by atoms with E-state index in [9.17, 15) is 8.42 Å². The molecule has 2 aromatic rings. The topological polar surface area (TPSA) is 87.2 Å². The molecule has 0 unspecified atom stereocenters. The van der Waals surface area contributed by atoms with Gasteiger partial charge in [0.05, 0.1) is 16.8 Å². The summed E-state index contributed by atoms with van der Waals surface area (Å²) >= 11 is 1.62. The number of nitrogens with one attached hydrogen (secondary N) is 2. The van der Waals surface area contributed by atoms with Crippen LogP contribution in [-0.4, -0.2) is 55.1 Å². The van der Waals surface area contributed by atoms with Crippen molar-refractivity contribution in [3.05, 3.63) is 24.0 Å². The van der Waals surface area contributed by atoms with E-state index >= 15 is 0 Å². The lowest BCUT2D eigenvalue weighted by Crippen LogP contribution is -2.41. The number of hydrogen-bond acceptors (Lipinski definition) is 7. The van der Waals surface area contributed by atoms with Crippen LogP contribution < -0.4 is 10.6 Å². The van der Waals surface area contributed by atoms with E-state index in [2.05, 4.69) is 20.6 Å². The number of aromatic nitrogens is 2. The monoisotopic (exact) mass is 381 g/mol. The van der Waals surface area contributed by atoms with Crippen molar-refractivity contribution >= 4 is 32.3 Å². The Bertz CT molecular complexity index is 842. The highest BCUT2D eigenvalue weighted by Gasteiger charge is 2.25. The van der Waals surface area contributed by atoms with Gasteiger partial charge in [-0.2, -0.15) is 0 Å². The summed E-state index contributed by atoms with van der Waals surface area (Å²) in [7, 11) is -1.23. The summed E-state index contributed by atoms with van der Waals surface area (Å²) in [6.07, 6.45) is 4.62. The maximum Gasteiger partial charge on any atom is 0.211 e. The molecule has 2 N–H and O–H groups in total. The van der Waals surface area contributed by atoms with E-state index in [1.54, 1.807) is 17.5 Å². The number of rotatable bonds is 5. The van der Waals surface area contributed by atoms with Crippen LogP contribution >= 0.6 is 11.3 Å². The van der Waals surface area contributed by atoms with E-state index in [0.717, 1.165) is 39.9 Å². The zero-order valence-electron chi connectivity index (χ0n) is 14.6. The Kier molecular flexibility index (Phi) is 5.26. The predicted octanol–water partition coefficient (Wildman–Crippen LogP) is 2.39. The molecule has 3 rings (SSSR count). The lowest BCUT2D eigenvalue weighted by atomic mass is 10.1. The Hall–Kier alpha value is -1.71. The molecular weight excluding hydrogens is 358 g/mol. The molecule has 0 aromatic carbocycles. The molecule has 0 aliphatic carbocycles. The zero-order valence-corrected chi connectivity index (χ0v) is 16.2. The first-order valence-corrected chi connectivity index (χ1v) is 10.9. The largest absolute Gasteiger partial charge is 0.367 e. The third kappa shape index (κ3) is 4.28. The van der Waals surface area contributed by atoms with Crippen molar-refractivity contribution in [1.82, 2.24) is 14.3 Å². The van der Waals surface area contributed by atoms with Crippen LogP contribution in [0.2, 0.25) is 0 Å². The number of hydrogen-bond donors (Lipinski definition) is 2. The summed E-state index contributed by atoms with van der Waals surface area (Å²) in [4.78, 5) is 10.0. The van der Waals surface area contributed by atoms with E-state index in [1.165, 1.54) is 10.6 Å². The van der Waals surface area contributed by atoms with Gasteiger partial charge in [-0.1, -0.05) is 11.3 Å². The van der Waals surface area contributed by atoms with Gasteiger partial charge in [0.2, 0.25) is 10.0 Å². The van der Waals surface area contributed by atoms with Crippen LogP contribution in [0.15, 0.2) is 18.3 Å². The molecule has 1 aliphatic heterocycles. The molecular formula is C16H23N5O2S2. The van der Waals surface area contributed by atoms with Gasteiger partial charge in [0.15, 0.2) is 5.13 Å².